The van der Waals surface area contributed by atoms with E-state index in [9.17, 15) is 18.8 Å². The Labute approximate surface area is 237 Å². The smallest absolute Gasteiger partial charge is 0.337 e. The number of ether oxygens (including phenoxy) is 1. The second kappa shape index (κ2) is 11.6. The third kappa shape index (κ3) is 5.52. The highest BCUT2D eigenvalue weighted by molar-refractivity contribution is 6.31. The van der Waals surface area contributed by atoms with E-state index in [1.165, 1.54) is 19.3 Å². The summed E-state index contributed by atoms with van der Waals surface area (Å²) in [4.78, 5) is 40.6. The summed E-state index contributed by atoms with van der Waals surface area (Å²) >= 11 is 5.99. The molecular weight excluding hydrogens is 531 g/mol. The molecule has 40 heavy (non-hydrogen) atoms. The van der Waals surface area contributed by atoms with Crippen molar-refractivity contribution in [3.63, 3.8) is 0 Å². The topological polar surface area (TPSA) is 75.7 Å². The van der Waals surface area contributed by atoms with Gasteiger partial charge in [0.05, 0.1) is 23.7 Å². The summed E-state index contributed by atoms with van der Waals surface area (Å²) in [5, 5.41) is 3.05. The fourth-order valence-corrected chi connectivity index (χ4v) is 5.66. The number of anilines is 1. The van der Waals surface area contributed by atoms with Crippen LogP contribution in [0.1, 0.15) is 60.1 Å². The van der Waals surface area contributed by atoms with Crippen LogP contribution in [0, 0.1) is 11.7 Å². The number of benzene rings is 3. The molecule has 5 rings (SSSR count). The van der Waals surface area contributed by atoms with E-state index in [0.29, 0.717) is 53.8 Å². The summed E-state index contributed by atoms with van der Waals surface area (Å²) in [6.45, 7) is 2.31. The number of amides is 2. The molecule has 2 aliphatic heterocycles. The molecule has 6 nitrogen and oxygen atoms in total. The van der Waals surface area contributed by atoms with Crippen molar-refractivity contribution < 1.29 is 23.5 Å². The molecule has 0 saturated heterocycles. The van der Waals surface area contributed by atoms with E-state index in [2.05, 4.69) is 5.32 Å². The zero-order valence-electron chi connectivity index (χ0n) is 22.4. The summed E-state index contributed by atoms with van der Waals surface area (Å²) in [6, 6.07) is 17.5. The Morgan fingerprint density at radius 3 is 2.62 bits per heavy atom. The zero-order valence-corrected chi connectivity index (χ0v) is 23.1. The highest BCUT2D eigenvalue weighted by Crippen LogP contribution is 2.38. The van der Waals surface area contributed by atoms with Crippen molar-refractivity contribution in [3.05, 3.63) is 94.3 Å². The van der Waals surface area contributed by atoms with Crippen LogP contribution in [0.3, 0.4) is 0 Å². The number of fused-ring (bicyclic) bond motifs is 4. The molecule has 0 spiro atoms. The third-order valence-corrected chi connectivity index (χ3v) is 8.01. The number of halogens is 2. The van der Waals surface area contributed by atoms with Crippen LogP contribution in [0.5, 0.6) is 0 Å². The highest BCUT2D eigenvalue weighted by atomic mass is 35.5. The number of carbonyl (C=O) groups excluding carboxylic acids is 3. The molecule has 0 aromatic heterocycles. The minimum atomic E-state index is -0.521. The van der Waals surface area contributed by atoms with Gasteiger partial charge in [0.2, 0.25) is 11.8 Å². The summed E-state index contributed by atoms with van der Waals surface area (Å²) in [5.41, 5.74) is 4.38. The first kappa shape index (κ1) is 27.6. The minimum absolute atomic E-state index is 0.0261. The van der Waals surface area contributed by atoms with E-state index in [0.717, 1.165) is 17.5 Å². The van der Waals surface area contributed by atoms with Gasteiger partial charge in [0.1, 0.15) is 5.82 Å². The van der Waals surface area contributed by atoms with E-state index in [4.69, 9.17) is 16.3 Å². The van der Waals surface area contributed by atoms with E-state index in [-0.39, 0.29) is 28.8 Å². The molecule has 3 aromatic carbocycles. The van der Waals surface area contributed by atoms with Gasteiger partial charge in [-0.25, -0.2) is 9.18 Å². The normalized spacial score (nSPS) is 19.5. The van der Waals surface area contributed by atoms with Crippen molar-refractivity contribution in [1.29, 1.82) is 0 Å². The molecule has 0 radical (unpaired) electrons. The van der Waals surface area contributed by atoms with Crippen molar-refractivity contribution in [1.82, 2.24) is 4.90 Å². The molecule has 8 heteroatoms. The minimum Gasteiger partial charge on any atom is -0.465 e. The van der Waals surface area contributed by atoms with Crippen LogP contribution < -0.4 is 5.32 Å². The van der Waals surface area contributed by atoms with E-state index >= 15 is 0 Å². The largest absolute Gasteiger partial charge is 0.465 e. The lowest BCUT2D eigenvalue weighted by molar-refractivity contribution is -0.129. The lowest BCUT2D eigenvalue weighted by Gasteiger charge is -2.35. The van der Waals surface area contributed by atoms with Crippen molar-refractivity contribution in [3.8, 4) is 11.1 Å². The van der Waals surface area contributed by atoms with Crippen LogP contribution in [0.4, 0.5) is 10.1 Å². The second-order valence-electron chi connectivity index (χ2n) is 10.3. The maximum Gasteiger partial charge on any atom is 0.337 e. The van der Waals surface area contributed by atoms with Gasteiger partial charge >= 0.3 is 5.97 Å². The zero-order chi connectivity index (χ0) is 28.4. The lowest BCUT2D eigenvalue weighted by Crippen LogP contribution is -2.37. The predicted molar refractivity (Wildman–Crippen MR) is 153 cm³/mol. The molecule has 3 aromatic rings. The number of hydrogen-bond acceptors (Lipinski definition) is 4. The standard InChI is InChI=1S/C32H30ClFN2O4/c1-19-6-3-11-28(36-15-14-21(18-29(36)37)24-9-5-10-26(33)30(24)34)22-8-4-7-20(16-22)25-17-23(32(39)40-2)12-13-27(25)35-31(19)38/h4-5,7-10,12-13,16-19,28H,3,6,11,14-15H2,1-2H3,(H,35,38). The Morgan fingerprint density at radius 1 is 1.05 bits per heavy atom. The van der Waals surface area contributed by atoms with E-state index in [1.807, 2.05) is 36.1 Å². The van der Waals surface area contributed by atoms with Crippen molar-refractivity contribution >= 4 is 40.6 Å². The molecular formula is C32H30ClFN2O4. The Morgan fingerprint density at radius 2 is 1.85 bits per heavy atom. The predicted octanol–water partition coefficient (Wildman–Crippen LogP) is 7.05. The van der Waals surface area contributed by atoms with Gasteiger partial charge in [-0.2, -0.15) is 0 Å². The van der Waals surface area contributed by atoms with Gasteiger partial charge < -0.3 is 15.0 Å². The van der Waals surface area contributed by atoms with Crippen LogP contribution in [0.15, 0.2) is 66.7 Å². The summed E-state index contributed by atoms with van der Waals surface area (Å²) < 4.78 is 19.6. The Hall–Kier alpha value is -3.97. The molecule has 2 heterocycles. The second-order valence-corrected chi connectivity index (χ2v) is 10.7. The number of esters is 1. The Bertz CT molecular complexity index is 1520. The highest BCUT2D eigenvalue weighted by Gasteiger charge is 2.30. The quantitative estimate of drug-likeness (QED) is 0.348. The lowest BCUT2D eigenvalue weighted by atomic mass is 9.90. The van der Waals surface area contributed by atoms with Crippen molar-refractivity contribution in [2.45, 2.75) is 38.6 Å². The summed E-state index contributed by atoms with van der Waals surface area (Å²) in [5.74, 6) is -1.54. The molecule has 1 N–H and O–H groups in total. The number of methoxy groups -OCH3 is 1. The van der Waals surface area contributed by atoms with Gasteiger partial charge in [-0.05, 0) is 66.3 Å². The molecule has 2 bridgehead atoms. The number of nitrogens with one attached hydrogen (secondary N) is 1. The van der Waals surface area contributed by atoms with Gasteiger partial charge in [-0.15, -0.1) is 0 Å². The van der Waals surface area contributed by atoms with Gasteiger partial charge in [-0.1, -0.05) is 55.3 Å². The Kier molecular flexibility index (Phi) is 8.03. The number of carbonyl (C=O) groups is 3. The molecule has 2 atom stereocenters. The first-order chi connectivity index (χ1) is 19.3. The molecule has 2 amide bonds. The fourth-order valence-electron chi connectivity index (χ4n) is 5.49. The molecule has 2 unspecified atom stereocenters. The van der Waals surface area contributed by atoms with Crippen LogP contribution in [-0.4, -0.2) is 36.3 Å². The first-order valence-corrected chi connectivity index (χ1v) is 13.7. The van der Waals surface area contributed by atoms with Gasteiger partial charge in [0.15, 0.2) is 0 Å². The molecule has 0 aliphatic carbocycles. The average molecular weight is 561 g/mol. The van der Waals surface area contributed by atoms with Crippen molar-refractivity contribution in [2.75, 3.05) is 19.0 Å². The third-order valence-electron chi connectivity index (χ3n) is 7.72. The maximum atomic E-state index is 14.7. The fraction of sp³-hybridized carbons (Fsp3) is 0.281. The SMILES string of the molecule is COC(=O)c1ccc2c(c1)-c1cccc(c1)C(N1CCC(c3cccc(Cl)c3F)=CC1=O)CCCC(C)C(=O)N2. The average Bonchev–Trinajstić information content (AvgIpc) is 2.96. The summed E-state index contributed by atoms with van der Waals surface area (Å²) in [7, 11) is 1.33. The molecule has 0 fully saturated rings. The maximum absolute atomic E-state index is 14.7. The Balaban J connectivity index is 1.55. The number of rotatable bonds is 3. The van der Waals surface area contributed by atoms with Crippen LogP contribution >= 0.6 is 11.6 Å². The summed E-state index contributed by atoms with van der Waals surface area (Å²) in [6.07, 6.45) is 4.04. The van der Waals surface area contributed by atoms with Crippen LogP contribution in [-0.2, 0) is 14.3 Å². The number of hydrogen-bond donors (Lipinski definition) is 1. The molecule has 206 valence electrons. The van der Waals surface area contributed by atoms with E-state index in [1.54, 1.807) is 30.3 Å². The van der Waals surface area contributed by atoms with E-state index < -0.39 is 11.8 Å². The van der Waals surface area contributed by atoms with Gasteiger partial charge in [0.25, 0.3) is 0 Å². The first-order valence-electron chi connectivity index (χ1n) is 13.4. The van der Waals surface area contributed by atoms with Crippen LogP contribution in [0.25, 0.3) is 16.7 Å². The monoisotopic (exact) mass is 560 g/mol. The van der Waals surface area contributed by atoms with Gasteiger partial charge in [-0.3, -0.25) is 9.59 Å². The van der Waals surface area contributed by atoms with Gasteiger partial charge in [0, 0.05) is 35.4 Å². The van der Waals surface area contributed by atoms with Crippen LogP contribution in [0.2, 0.25) is 5.02 Å². The number of nitrogens with zero attached hydrogens (tertiary/aromatic N) is 1. The molecule has 0 saturated carbocycles. The van der Waals surface area contributed by atoms with Crippen molar-refractivity contribution in [2.24, 2.45) is 5.92 Å². The molecule has 2 aliphatic rings.